The SMILES string of the molecule is C=C/C=C(\C=C)c1nc(-c2ccc(-c3ccccc3)cc2)nc(-c2cc(-c3c#cccc3)c(-n3c4c(c5cc(C#N)ccc53)C=C(c3ccccc3)CC4)c(-c3ccccc3)c2)n1. The molecule has 296 valence electrons. The predicted molar refractivity (Wildman–Crippen MR) is 257 cm³/mol. The van der Waals surface area contributed by atoms with Crippen LogP contribution in [0.25, 0.3) is 90.0 Å². The number of aromatic nitrogens is 4. The van der Waals surface area contributed by atoms with Gasteiger partial charge in [0, 0.05) is 50.0 Å². The van der Waals surface area contributed by atoms with E-state index in [-0.39, 0.29) is 0 Å². The fourth-order valence-electron chi connectivity index (χ4n) is 8.60. The Bertz CT molecular complexity index is 3220. The van der Waals surface area contributed by atoms with E-state index < -0.39 is 0 Å². The maximum Gasteiger partial charge on any atom is 0.164 e. The van der Waals surface area contributed by atoms with E-state index in [1.54, 1.807) is 12.2 Å². The molecular weight excluding hydrogens is 767 g/mol. The van der Waals surface area contributed by atoms with Crippen molar-refractivity contribution in [3.05, 3.63) is 236 Å². The smallest absolute Gasteiger partial charge is 0.164 e. The number of hydrogen-bond acceptors (Lipinski definition) is 4. The van der Waals surface area contributed by atoms with Gasteiger partial charge in [-0.15, -0.1) is 0 Å². The molecule has 1 aliphatic rings. The molecule has 0 aliphatic heterocycles. The zero-order chi connectivity index (χ0) is 42.7. The number of nitriles is 1. The number of hydrogen-bond donors (Lipinski definition) is 0. The second kappa shape index (κ2) is 16.8. The van der Waals surface area contributed by atoms with Gasteiger partial charge in [-0.1, -0.05) is 165 Å². The minimum atomic E-state index is 0.489. The zero-order valence-electron chi connectivity index (χ0n) is 34.5. The van der Waals surface area contributed by atoms with E-state index in [1.807, 2.05) is 54.6 Å². The van der Waals surface area contributed by atoms with Crippen molar-refractivity contribution in [2.45, 2.75) is 12.8 Å². The zero-order valence-corrected chi connectivity index (χ0v) is 34.5. The van der Waals surface area contributed by atoms with E-state index in [0.717, 1.165) is 85.1 Å². The number of fused-ring (bicyclic) bond motifs is 3. The molecule has 0 saturated carbocycles. The van der Waals surface area contributed by atoms with E-state index in [9.17, 15) is 5.26 Å². The van der Waals surface area contributed by atoms with Crippen molar-refractivity contribution in [1.29, 1.82) is 5.26 Å². The molecule has 1 aliphatic carbocycles. The first kappa shape index (κ1) is 38.6. The maximum absolute atomic E-state index is 10.1. The van der Waals surface area contributed by atoms with Crippen molar-refractivity contribution in [3.63, 3.8) is 0 Å². The van der Waals surface area contributed by atoms with Crippen LogP contribution >= 0.6 is 0 Å². The van der Waals surface area contributed by atoms with Crippen molar-refractivity contribution in [1.82, 2.24) is 19.5 Å². The van der Waals surface area contributed by atoms with Crippen LogP contribution in [-0.2, 0) is 6.42 Å². The molecule has 2 aromatic heterocycles. The molecule has 7 aromatic carbocycles. The highest BCUT2D eigenvalue weighted by molar-refractivity contribution is 6.02. The van der Waals surface area contributed by atoms with Crippen molar-refractivity contribution < 1.29 is 0 Å². The van der Waals surface area contributed by atoms with Gasteiger partial charge in [-0.2, -0.15) is 5.26 Å². The third-order valence-corrected chi connectivity index (χ3v) is 11.6. The van der Waals surface area contributed by atoms with Crippen LogP contribution < -0.4 is 0 Å². The number of rotatable bonds is 10. The van der Waals surface area contributed by atoms with E-state index in [4.69, 9.17) is 15.0 Å². The van der Waals surface area contributed by atoms with E-state index in [1.165, 1.54) is 16.8 Å². The lowest BCUT2D eigenvalue weighted by molar-refractivity contribution is 0.899. The van der Waals surface area contributed by atoms with Gasteiger partial charge in [0.05, 0.1) is 22.8 Å². The predicted octanol–water partition coefficient (Wildman–Crippen LogP) is 13.9. The van der Waals surface area contributed by atoms with Crippen molar-refractivity contribution in [2.75, 3.05) is 0 Å². The summed E-state index contributed by atoms with van der Waals surface area (Å²) in [5.41, 5.74) is 15.9. The topological polar surface area (TPSA) is 67.4 Å². The summed E-state index contributed by atoms with van der Waals surface area (Å²) in [6.45, 7) is 8.05. The molecule has 0 fully saturated rings. The summed E-state index contributed by atoms with van der Waals surface area (Å²) in [6.07, 6.45) is 9.32. The molecule has 0 saturated heterocycles. The van der Waals surface area contributed by atoms with Crippen LogP contribution in [0.1, 0.15) is 34.6 Å². The third-order valence-electron chi connectivity index (χ3n) is 11.6. The van der Waals surface area contributed by atoms with Crippen molar-refractivity contribution in [3.8, 4) is 67.9 Å². The average Bonchev–Trinajstić information content (AvgIpc) is 3.68. The summed E-state index contributed by atoms with van der Waals surface area (Å²) in [4.78, 5) is 15.4. The van der Waals surface area contributed by atoms with Crippen molar-refractivity contribution in [2.24, 2.45) is 0 Å². The molecule has 2 heterocycles. The minimum Gasteiger partial charge on any atom is -0.312 e. The van der Waals surface area contributed by atoms with Crippen LogP contribution in [-0.4, -0.2) is 19.5 Å². The van der Waals surface area contributed by atoms with Gasteiger partial charge in [0.15, 0.2) is 17.5 Å². The Morgan fingerprint density at radius 3 is 1.95 bits per heavy atom. The van der Waals surface area contributed by atoms with Crippen molar-refractivity contribution >= 4 is 28.1 Å². The van der Waals surface area contributed by atoms with Crippen LogP contribution in [0.3, 0.4) is 0 Å². The lowest BCUT2D eigenvalue weighted by Crippen LogP contribution is -2.09. The molecule has 0 unspecified atom stereocenters. The molecule has 0 spiro atoms. The van der Waals surface area contributed by atoms with E-state index in [2.05, 4.69) is 157 Å². The molecule has 10 rings (SSSR count). The van der Waals surface area contributed by atoms with Gasteiger partial charge in [0.25, 0.3) is 0 Å². The van der Waals surface area contributed by atoms with Crippen LogP contribution in [0.15, 0.2) is 195 Å². The second-order valence-corrected chi connectivity index (χ2v) is 15.4. The molecule has 0 radical (unpaired) electrons. The Morgan fingerprint density at radius 2 is 1.29 bits per heavy atom. The summed E-state index contributed by atoms with van der Waals surface area (Å²) in [5, 5.41) is 11.2. The Labute approximate surface area is 367 Å². The van der Waals surface area contributed by atoms with Gasteiger partial charge in [-0.05, 0) is 89.2 Å². The molecular formula is C58H39N5. The quantitative estimate of drug-likeness (QED) is 0.129. The summed E-state index contributed by atoms with van der Waals surface area (Å²) in [5.74, 6) is 1.54. The van der Waals surface area contributed by atoms with Gasteiger partial charge < -0.3 is 4.57 Å². The summed E-state index contributed by atoms with van der Waals surface area (Å²) >= 11 is 0. The number of benzene rings is 6. The third kappa shape index (κ3) is 7.35. The highest BCUT2D eigenvalue weighted by atomic mass is 15.0. The lowest BCUT2D eigenvalue weighted by atomic mass is 9.90. The standard InChI is InChI=1S/C58H39N5/c1-3-17-40(4-2)56-60-57(46-29-27-43(28-30-46)41-18-9-5-10-19-41)62-58(61-56)48-36-49(44-22-13-7-14-23-44)55(50(37-48)45-24-15-8-16-25-45)63-53-32-26-39(38-59)34-51(53)52-35-47(31-33-54(52)63)42-20-11-6-12-21-42/h3-15,17-24,26-30,32,34-37H,1-2,31,33H2/b40-17+. The number of nitrogens with zero attached hydrogens (tertiary/aromatic N) is 5. The molecule has 9 aromatic rings. The molecule has 0 bridgehead atoms. The fraction of sp³-hybridized carbons (Fsp3) is 0.0345. The Hall–Kier alpha value is -8.64. The Kier molecular flexibility index (Phi) is 10.3. The summed E-state index contributed by atoms with van der Waals surface area (Å²) < 4.78 is 2.41. The molecule has 0 atom stereocenters. The van der Waals surface area contributed by atoms with E-state index >= 15 is 0 Å². The maximum atomic E-state index is 10.1. The molecule has 5 nitrogen and oxygen atoms in total. The normalized spacial score (nSPS) is 12.2. The Morgan fingerprint density at radius 1 is 0.635 bits per heavy atom. The highest BCUT2D eigenvalue weighted by Crippen LogP contribution is 2.45. The second-order valence-electron chi connectivity index (χ2n) is 15.4. The molecule has 0 amide bonds. The van der Waals surface area contributed by atoms with Crippen LogP contribution in [0, 0.1) is 23.5 Å². The summed E-state index contributed by atoms with van der Waals surface area (Å²) in [6, 6.07) is 65.1. The van der Waals surface area contributed by atoms with Gasteiger partial charge in [0.1, 0.15) is 0 Å². The van der Waals surface area contributed by atoms with E-state index in [0.29, 0.717) is 23.0 Å². The first-order valence-corrected chi connectivity index (χ1v) is 20.9. The van der Waals surface area contributed by atoms with Gasteiger partial charge in [0.2, 0.25) is 0 Å². The minimum absolute atomic E-state index is 0.489. The van der Waals surface area contributed by atoms with Crippen LogP contribution in [0.2, 0.25) is 0 Å². The molecule has 63 heavy (non-hydrogen) atoms. The number of allylic oxidation sites excluding steroid dienone is 5. The molecule has 0 N–H and O–H groups in total. The highest BCUT2D eigenvalue weighted by Gasteiger charge is 2.27. The van der Waals surface area contributed by atoms with Crippen LogP contribution in [0.4, 0.5) is 0 Å². The monoisotopic (exact) mass is 805 g/mol. The van der Waals surface area contributed by atoms with Gasteiger partial charge in [-0.3, -0.25) is 0 Å². The van der Waals surface area contributed by atoms with Gasteiger partial charge >= 0.3 is 0 Å². The lowest BCUT2D eigenvalue weighted by Gasteiger charge is -2.23. The van der Waals surface area contributed by atoms with Gasteiger partial charge in [-0.25, -0.2) is 15.0 Å². The fourth-order valence-corrected chi connectivity index (χ4v) is 8.60. The average molecular weight is 806 g/mol. The first-order valence-electron chi connectivity index (χ1n) is 20.9. The largest absolute Gasteiger partial charge is 0.312 e. The molecule has 5 heteroatoms. The van der Waals surface area contributed by atoms with Crippen LogP contribution in [0.5, 0.6) is 0 Å². The first-order chi connectivity index (χ1) is 31.1. The Balaban J connectivity index is 1.25. The summed E-state index contributed by atoms with van der Waals surface area (Å²) in [7, 11) is 0.